The first-order valence-electron chi connectivity index (χ1n) is 6.07. The number of hydrogen-bond donors (Lipinski definition) is 1. The summed E-state index contributed by atoms with van der Waals surface area (Å²) in [4.78, 5) is 2.14. The number of nitrogens with two attached hydrogens (primary N) is 1. The van der Waals surface area contributed by atoms with Crippen LogP contribution in [0.3, 0.4) is 0 Å². The zero-order valence-corrected chi connectivity index (χ0v) is 11.3. The lowest BCUT2D eigenvalue weighted by molar-refractivity contribution is 0.191. The smallest absolute Gasteiger partial charge is 0.119 e. The molecular formula is C14H21N3O. The molecule has 0 spiro atoms. The lowest BCUT2D eigenvalue weighted by Gasteiger charge is -2.31. The van der Waals surface area contributed by atoms with Gasteiger partial charge in [-0.2, -0.15) is 5.26 Å². The van der Waals surface area contributed by atoms with Crippen LogP contribution in [0.25, 0.3) is 0 Å². The summed E-state index contributed by atoms with van der Waals surface area (Å²) in [6.45, 7) is 2.55. The highest BCUT2D eigenvalue weighted by Crippen LogP contribution is 2.24. The molecular weight excluding hydrogens is 226 g/mol. The van der Waals surface area contributed by atoms with Gasteiger partial charge in [0, 0.05) is 18.6 Å². The molecule has 2 N–H and O–H groups in total. The molecule has 2 unspecified atom stereocenters. The predicted molar refractivity (Wildman–Crippen MR) is 72.2 cm³/mol. The molecule has 0 saturated carbocycles. The van der Waals surface area contributed by atoms with Crippen LogP contribution in [0.4, 0.5) is 0 Å². The number of ether oxygens (including phenoxy) is 1. The van der Waals surface area contributed by atoms with Crippen molar-refractivity contribution in [1.29, 1.82) is 5.26 Å². The Labute approximate surface area is 109 Å². The average molecular weight is 247 g/mol. The summed E-state index contributed by atoms with van der Waals surface area (Å²) in [6, 6.07) is 10.4. The molecule has 0 bridgehead atoms. The van der Waals surface area contributed by atoms with Crippen molar-refractivity contribution >= 4 is 0 Å². The van der Waals surface area contributed by atoms with Gasteiger partial charge in [-0.05, 0) is 31.7 Å². The predicted octanol–water partition coefficient (Wildman–Crippen LogP) is 1.93. The SMILES string of the molecule is COc1cccc(C(CN)N(C)C(C)CC#N)c1. The molecule has 1 rings (SSSR count). The molecule has 0 amide bonds. The van der Waals surface area contributed by atoms with Crippen LogP contribution in [-0.2, 0) is 0 Å². The van der Waals surface area contributed by atoms with Crippen LogP contribution in [0.5, 0.6) is 5.75 Å². The molecule has 0 radical (unpaired) electrons. The van der Waals surface area contributed by atoms with Crippen LogP contribution in [-0.4, -0.2) is 31.6 Å². The fourth-order valence-corrected chi connectivity index (χ4v) is 1.97. The Morgan fingerprint density at radius 3 is 2.78 bits per heavy atom. The van der Waals surface area contributed by atoms with E-state index in [4.69, 9.17) is 15.7 Å². The molecule has 0 fully saturated rings. The first-order chi connectivity index (χ1) is 8.63. The summed E-state index contributed by atoms with van der Waals surface area (Å²) in [5.41, 5.74) is 6.98. The van der Waals surface area contributed by atoms with E-state index in [-0.39, 0.29) is 12.1 Å². The van der Waals surface area contributed by atoms with Crippen LogP contribution in [0.2, 0.25) is 0 Å². The van der Waals surface area contributed by atoms with E-state index in [0.29, 0.717) is 13.0 Å². The molecule has 4 nitrogen and oxygen atoms in total. The van der Waals surface area contributed by atoms with Gasteiger partial charge in [0.25, 0.3) is 0 Å². The van der Waals surface area contributed by atoms with E-state index in [1.165, 1.54) is 0 Å². The van der Waals surface area contributed by atoms with Crippen molar-refractivity contribution in [2.75, 3.05) is 20.7 Å². The highest BCUT2D eigenvalue weighted by molar-refractivity contribution is 5.30. The molecule has 0 aliphatic heterocycles. The van der Waals surface area contributed by atoms with Crippen LogP contribution in [0.15, 0.2) is 24.3 Å². The molecule has 0 aliphatic carbocycles. The van der Waals surface area contributed by atoms with Gasteiger partial charge in [-0.1, -0.05) is 12.1 Å². The Balaban J connectivity index is 2.91. The Kier molecular flexibility index (Phi) is 5.63. The number of likely N-dealkylation sites (N-methyl/N-ethyl adjacent to an activating group) is 1. The lowest BCUT2D eigenvalue weighted by Crippen LogP contribution is -2.36. The van der Waals surface area contributed by atoms with Crippen molar-refractivity contribution in [3.05, 3.63) is 29.8 Å². The number of methoxy groups -OCH3 is 1. The summed E-state index contributed by atoms with van der Waals surface area (Å²) >= 11 is 0. The van der Waals surface area contributed by atoms with E-state index < -0.39 is 0 Å². The summed E-state index contributed by atoms with van der Waals surface area (Å²) in [5.74, 6) is 0.826. The van der Waals surface area contributed by atoms with Gasteiger partial charge in [0.2, 0.25) is 0 Å². The van der Waals surface area contributed by atoms with Gasteiger partial charge in [0.1, 0.15) is 5.75 Å². The van der Waals surface area contributed by atoms with Gasteiger partial charge in [-0.3, -0.25) is 4.90 Å². The average Bonchev–Trinajstić information content (AvgIpc) is 2.40. The second kappa shape index (κ2) is 7.00. The van der Waals surface area contributed by atoms with E-state index in [1.807, 2.05) is 38.2 Å². The first kappa shape index (κ1) is 14.5. The Bertz CT molecular complexity index is 414. The van der Waals surface area contributed by atoms with E-state index in [1.54, 1.807) is 7.11 Å². The third kappa shape index (κ3) is 3.46. The minimum Gasteiger partial charge on any atom is -0.497 e. The minimum atomic E-state index is 0.100. The van der Waals surface area contributed by atoms with Crippen molar-refractivity contribution in [3.63, 3.8) is 0 Å². The van der Waals surface area contributed by atoms with Crippen molar-refractivity contribution < 1.29 is 4.74 Å². The normalized spacial score (nSPS) is 14.0. The standard InChI is InChI=1S/C14H21N3O/c1-11(7-8-15)17(2)14(10-16)12-5-4-6-13(9-12)18-3/h4-6,9,11,14H,7,10,16H2,1-3H3. The minimum absolute atomic E-state index is 0.100. The van der Waals surface area contributed by atoms with Crippen LogP contribution in [0, 0.1) is 11.3 Å². The second-order valence-electron chi connectivity index (χ2n) is 4.40. The Morgan fingerprint density at radius 2 is 2.22 bits per heavy atom. The molecule has 0 saturated heterocycles. The quantitative estimate of drug-likeness (QED) is 0.834. The van der Waals surface area contributed by atoms with Gasteiger partial charge in [0.05, 0.1) is 19.6 Å². The number of nitrogens with zero attached hydrogens (tertiary/aromatic N) is 2. The number of rotatable bonds is 6. The van der Waals surface area contributed by atoms with Gasteiger partial charge < -0.3 is 10.5 Å². The highest BCUT2D eigenvalue weighted by atomic mass is 16.5. The fraction of sp³-hybridized carbons (Fsp3) is 0.500. The number of nitriles is 1. The maximum Gasteiger partial charge on any atom is 0.119 e. The third-order valence-corrected chi connectivity index (χ3v) is 3.28. The summed E-state index contributed by atoms with van der Waals surface area (Å²) in [5, 5.41) is 8.76. The molecule has 0 aromatic heterocycles. The Hall–Kier alpha value is -1.57. The first-order valence-corrected chi connectivity index (χ1v) is 6.07. The number of benzene rings is 1. The van der Waals surface area contributed by atoms with Gasteiger partial charge >= 0.3 is 0 Å². The fourth-order valence-electron chi connectivity index (χ4n) is 1.97. The van der Waals surface area contributed by atoms with Crippen LogP contribution >= 0.6 is 0 Å². The molecule has 0 heterocycles. The van der Waals surface area contributed by atoms with Crippen molar-refractivity contribution in [1.82, 2.24) is 4.90 Å². The molecule has 98 valence electrons. The van der Waals surface area contributed by atoms with E-state index in [9.17, 15) is 0 Å². The van der Waals surface area contributed by atoms with Gasteiger partial charge in [0.15, 0.2) is 0 Å². The maximum atomic E-state index is 8.76. The second-order valence-corrected chi connectivity index (χ2v) is 4.40. The maximum absolute atomic E-state index is 8.76. The van der Waals surface area contributed by atoms with E-state index in [0.717, 1.165) is 11.3 Å². The molecule has 1 aromatic rings. The van der Waals surface area contributed by atoms with Gasteiger partial charge in [-0.15, -0.1) is 0 Å². The molecule has 2 atom stereocenters. The summed E-state index contributed by atoms with van der Waals surface area (Å²) < 4.78 is 5.23. The zero-order chi connectivity index (χ0) is 13.5. The topological polar surface area (TPSA) is 62.3 Å². The zero-order valence-electron chi connectivity index (χ0n) is 11.3. The van der Waals surface area contributed by atoms with E-state index in [2.05, 4.69) is 11.0 Å². The largest absolute Gasteiger partial charge is 0.497 e. The third-order valence-electron chi connectivity index (χ3n) is 3.28. The summed E-state index contributed by atoms with van der Waals surface area (Å²) in [7, 11) is 3.65. The van der Waals surface area contributed by atoms with E-state index >= 15 is 0 Å². The molecule has 4 heteroatoms. The van der Waals surface area contributed by atoms with Crippen LogP contribution < -0.4 is 10.5 Å². The molecule has 1 aromatic carbocycles. The van der Waals surface area contributed by atoms with Crippen molar-refractivity contribution in [2.45, 2.75) is 25.4 Å². The van der Waals surface area contributed by atoms with Crippen molar-refractivity contribution in [3.8, 4) is 11.8 Å². The lowest BCUT2D eigenvalue weighted by atomic mass is 10.0. The van der Waals surface area contributed by atoms with Crippen molar-refractivity contribution in [2.24, 2.45) is 5.73 Å². The molecule has 18 heavy (non-hydrogen) atoms. The number of hydrogen-bond acceptors (Lipinski definition) is 4. The monoisotopic (exact) mass is 247 g/mol. The Morgan fingerprint density at radius 1 is 1.50 bits per heavy atom. The van der Waals surface area contributed by atoms with Crippen LogP contribution in [0.1, 0.15) is 24.9 Å². The molecule has 0 aliphatic rings. The van der Waals surface area contributed by atoms with Gasteiger partial charge in [-0.25, -0.2) is 0 Å². The summed E-state index contributed by atoms with van der Waals surface area (Å²) in [6.07, 6.45) is 0.497. The highest BCUT2D eigenvalue weighted by Gasteiger charge is 2.20.